The number of carbonyl (C=O) groups excluding carboxylic acids is 2. The summed E-state index contributed by atoms with van der Waals surface area (Å²) in [6, 6.07) is 24.6. The van der Waals surface area contributed by atoms with Crippen molar-refractivity contribution in [3.8, 4) is 0 Å². The Kier molecular flexibility index (Phi) is 8.57. The fourth-order valence-corrected chi connectivity index (χ4v) is 6.22. The van der Waals surface area contributed by atoms with Crippen LogP contribution in [0.1, 0.15) is 29.5 Å². The monoisotopic (exact) mass is 545 g/mol. The third kappa shape index (κ3) is 6.66. The molecule has 39 heavy (non-hydrogen) atoms. The maximum Gasteiger partial charge on any atom is 0.362 e. The highest BCUT2D eigenvalue weighted by molar-refractivity contribution is 7.62. The molecular weight excluding hydrogens is 513 g/mol. The highest BCUT2D eigenvalue weighted by Crippen LogP contribution is 2.49. The molecule has 3 aromatic carbocycles. The van der Waals surface area contributed by atoms with Crippen molar-refractivity contribution in [2.75, 3.05) is 13.1 Å². The molecule has 0 spiro atoms. The van der Waals surface area contributed by atoms with Gasteiger partial charge in [-0.15, -0.1) is 0 Å². The van der Waals surface area contributed by atoms with E-state index < -0.39 is 13.5 Å². The highest BCUT2D eigenvalue weighted by Gasteiger charge is 2.30. The predicted molar refractivity (Wildman–Crippen MR) is 150 cm³/mol. The molecule has 0 aliphatic carbocycles. The van der Waals surface area contributed by atoms with Crippen LogP contribution < -0.4 is 15.9 Å². The van der Waals surface area contributed by atoms with Crippen LogP contribution in [0.3, 0.4) is 0 Å². The quantitative estimate of drug-likeness (QED) is 0.189. The van der Waals surface area contributed by atoms with Crippen molar-refractivity contribution in [3.63, 3.8) is 0 Å². The van der Waals surface area contributed by atoms with Crippen LogP contribution in [0.4, 0.5) is 0 Å². The maximum atomic E-state index is 14.2. The predicted octanol–water partition coefficient (Wildman–Crippen LogP) is 4.60. The molecule has 0 bridgehead atoms. The smallest absolute Gasteiger partial charge is 0.361 e. The second kappa shape index (κ2) is 12.4. The fraction of sp³-hybridized carbons (Fsp3) is 0.267. The van der Waals surface area contributed by atoms with E-state index in [1.165, 1.54) is 0 Å². The molecule has 1 saturated heterocycles. The third-order valence-corrected chi connectivity index (χ3v) is 8.70. The number of hydrogen-bond donors (Lipinski definition) is 3. The van der Waals surface area contributed by atoms with Crippen LogP contribution >= 0.6 is 7.60 Å². The molecule has 2 heterocycles. The van der Waals surface area contributed by atoms with Gasteiger partial charge in [0, 0.05) is 30.2 Å². The Morgan fingerprint density at radius 1 is 0.949 bits per heavy atom. The molecule has 0 saturated carbocycles. The van der Waals surface area contributed by atoms with Gasteiger partial charge < -0.3 is 24.7 Å². The summed E-state index contributed by atoms with van der Waals surface area (Å²) in [7, 11) is -3.70. The molecule has 5 rings (SSSR count). The molecule has 8 nitrogen and oxygen atoms in total. The van der Waals surface area contributed by atoms with Gasteiger partial charge in [0.2, 0.25) is 11.8 Å². The molecule has 3 N–H and O–H groups in total. The van der Waals surface area contributed by atoms with Gasteiger partial charge in [-0.2, -0.15) is 0 Å². The van der Waals surface area contributed by atoms with Gasteiger partial charge in [0.25, 0.3) is 0 Å². The number of H-pyrrole nitrogens is 1. The molecule has 1 aliphatic heterocycles. The number of benzene rings is 3. The Bertz CT molecular complexity index is 1420. The average molecular weight is 546 g/mol. The van der Waals surface area contributed by atoms with Crippen LogP contribution in [0.5, 0.6) is 0 Å². The molecule has 1 aromatic heterocycles. The lowest BCUT2D eigenvalue weighted by atomic mass is 9.98. The summed E-state index contributed by atoms with van der Waals surface area (Å²) in [5.41, 5.74) is 3.63. The molecule has 1 aliphatic rings. The lowest BCUT2D eigenvalue weighted by Crippen LogP contribution is -2.45. The molecule has 1 unspecified atom stereocenters. The number of fused-ring (bicyclic) bond motifs is 1. The van der Waals surface area contributed by atoms with Gasteiger partial charge in [-0.3, -0.25) is 14.2 Å². The molecule has 4 aromatic rings. The van der Waals surface area contributed by atoms with E-state index in [0.717, 1.165) is 34.0 Å². The largest absolute Gasteiger partial charge is 0.362 e. The van der Waals surface area contributed by atoms with Gasteiger partial charge in [0.1, 0.15) is 5.92 Å². The van der Waals surface area contributed by atoms with Crippen molar-refractivity contribution >= 4 is 35.6 Å². The van der Waals surface area contributed by atoms with Gasteiger partial charge in [-0.25, -0.2) is 0 Å². The molecule has 2 amide bonds. The summed E-state index contributed by atoms with van der Waals surface area (Å²) >= 11 is 0. The number of aromatic amines is 1. The zero-order valence-electron chi connectivity index (χ0n) is 21.6. The Morgan fingerprint density at radius 3 is 2.26 bits per heavy atom. The number of amides is 2. The van der Waals surface area contributed by atoms with Gasteiger partial charge in [0.05, 0.1) is 18.5 Å². The first-order chi connectivity index (χ1) is 19.0. The van der Waals surface area contributed by atoms with E-state index in [-0.39, 0.29) is 25.0 Å². The first kappa shape index (κ1) is 26.9. The van der Waals surface area contributed by atoms with Gasteiger partial charge in [0.15, 0.2) is 0 Å². The minimum Gasteiger partial charge on any atom is -0.361 e. The van der Waals surface area contributed by atoms with E-state index in [2.05, 4.69) is 15.6 Å². The number of rotatable bonds is 11. The van der Waals surface area contributed by atoms with Gasteiger partial charge in [-0.05, 0) is 54.2 Å². The topological polar surface area (TPSA) is 110 Å². The molecule has 0 radical (unpaired) electrons. The Labute approximate surface area is 227 Å². The minimum atomic E-state index is -3.70. The summed E-state index contributed by atoms with van der Waals surface area (Å²) in [5, 5.41) is 6.98. The zero-order chi connectivity index (χ0) is 27.1. The van der Waals surface area contributed by atoms with Crippen molar-refractivity contribution in [3.05, 3.63) is 102 Å². The molecule has 1 fully saturated rings. The molecule has 9 heteroatoms. The third-order valence-electron chi connectivity index (χ3n) is 6.85. The van der Waals surface area contributed by atoms with Crippen molar-refractivity contribution in [1.82, 2.24) is 15.6 Å². The van der Waals surface area contributed by atoms with Crippen LogP contribution in [0.2, 0.25) is 0 Å². The van der Waals surface area contributed by atoms with E-state index in [4.69, 9.17) is 9.05 Å². The minimum absolute atomic E-state index is 0.145. The summed E-state index contributed by atoms with van der Waals surface area (Å²) in [6.45, 7) is 1.29. The van der Waals surface area contributed by atoms with Crippen molar-refractivity contribution < 1.29 is 23.2 Å². The molecular formula is C30H32N3O5P. The van der Waals surface area contributed by atoms with E-state index in [9.17, 15) is 14.2 Å². The first-order valence-electron chi connectivity index (χ1n) is 13.1. The first-order valence-corrected chi connectivity index (χ1v) is 14.7. The number of carbonyl (C=O) groups is 2. The van der Waals surface area contributed by atoms with Gasteiger partial charge >= 0.3 is 7.60 Å². The summed E-state index contributed by atoms with van der Waals surface area (Å²) in [6.07, 6.45) is 3.79. The van der Waals surface area contributed by atoms with E-state index in [0.29, 0.717) is 31.2 Å². The van der Waals surface area contributed by atoms with Crippen molar-refractivity contribution in [2.24, 2.45) is 5.92 Å². The fourth-order valence-electron chi connectivity index (χ4n) is 4.66. The lowest BCUT2D eigenvalue weighted by molar-refractivity contribution is -0.136. The van der Waals surface area contributed by atoms with Crippen LogP contribution in [-0.4, -0.2) is 29.9 Å². The number of piperidine rings is 1. The number of hydrogen-bond acceptors (Lipinski definition) is 5. The standard InChI is InChI=1S/C30H32N3O5P/c34-29-26(12-7-16-31-29)30(35)32-17-15-24-19-33-28-14-13-25(18-27(24)28)39(36,37-20-22-8-3-1-4-9-22)38-21-23-10-5-2-6-11-23/h1-6,8-11,13-14,18-19,26,33H,7,12,15-17,20-21H2,(H,31,34)(H,32,35). The van der Waals surface area contributed by atoms with Crippen LogP contribution in [0.25, 0.3) is 10.9 Å². The van der Waals surface area contributed by atoms with Crippen LogP contribution in [0, 0.1) is 5.92 Å². The SMILES string of the molecule is O=C1NCCCC1C(=O)NCCc1c[nH]c2ccc(P(=O)(OCc3ccccc3)OCc3ccccc3)cc12. The second-order valence-electron chi connectivity index (χ2n) is 9.59. The average Bonchev–Trinajstić information content (AvgIpc) is 3.38. The maximum absolute atomic E-state index is 14.2. The number of nitrogens with one attached hydrogen (secondary N) is 3. The Hall–Kier alpha value is -3.71. The van der Waals surface area contributed by atoms with E-state index in [1.807, 2.05) is 79.0 Å². The highest BCUT2D eigenvalue weighted by atomic mass is 31.2. The Balaban J connectivity index is 1.33. The Morgan fingerprint density at radius 2 is 1.62 bits per heavy atom. The van der Waals surface area contributed by atoms with Crippen LogP contribution in [-0.2, 0) is 42.8 Å². The van der Waals surface area contributed by atoms with E-state index >= 15 is 0 Å². The van der Waals surface area contributed by atoms with Crippen LogP contribution in [0.15, 0.2) is 85.1 Å². The lowest BCUT2D eigenvalue weighted by Gasteiger charge is -2.21. The van der Waals surface area contributed by atoms with E-state index in [1.54, 1.807) is 6.07 Å². The summed E-state index contributed by atoms with van der Waals surface area (Å²) in [5.74, 6) is -1.10. The molecule has 1 atom stereocenters. The summed E-state index contributed by atoms with van der Waals surface area (Å²) in [4.78, 5) is 27.8. The van der Waals surface area contributed by atoms with Gasteiger partial charge in [-0.1, -0.05) is 60.7 Å². The number of aromatic nitrogens is 1. The van der Waals surface area contributed by atoms with Crippen molar-refractivity contribution in [1.29, 1.82) is 0 Å². The zero-order valence-corrected chi connectivity index (χ0v) is 22.5. The second-order valence-corrected chi connectivity index (χ2v) is 11.6. The normalized spacial score (nSPS) is 15.7. The summed E-state index contributed by atoms with van der Waals surface area (Å²) < 4.78 is 26.2. The molecule has 202 valence electrons. The van der Waals surface area contributed by atoms with Crippen molar-refractivity contribution in [2.45, 2.75) is 32.5 Å².